The Morgan fingerprint density at radius 3 is 2.36 bits per heavy atom. The molecule has 0 bridgehead atoms. The summed E-state index contributed by atoms with van der Waals surface area (Å²) >= 11 is 9.69. The van der Waals surface area contributed by atoms with E-state index in [1.165, 1.54) is 5.56 Å². The molecule has 0 spiro atoms. The Balaban J connectivity index is 0.000000292. The summed E-state index contributed by atoms with van der Waals surface area (Å²) in [7, 11) is 0. The molecule has 3 heteroatoms. The second-order valence-corrected chi connectivity index (χ2v) is 2.64. The van der Waals surface area contributed by atoms with Crippen molar-refractivity contribution in [1.29, 1.82) is 0 Å². The fourth-order valence-corrected chi connectivity index (χ4v) is 0.850. The van der Waals surface area contributed by atoms with Crippen LogP contribution in [0, 0.1) is 6.92 Å². The number of nitrogens with two attached hydrogens (primary N) is 1. The van der Waals surface area contributed by atoms with Crippen LogP contribution in [0.25, 0.3) is 0 Å². The lowest BCUT2D eigenvalue weighted by molar-refractivity contribution is 1.47. The van der Waals surface area contributed by atoms with Crippen LogP contribution in [0.1, 0.15) is 5.56 Å². The lowest BCUT2D eigenvalue weighted by Gasteiger charge is -1.88. The molecule has 1 aromatic rings. The van der Waals surface area contributed by atoms with Crippen LogP contribution in [-0.4, -0.2) is 5.49 Å². The SMILES string of the molecule is Cc1cccc(Cl)c1.NC=S. The van der Waals surface area contributed by atoms with Crippen molar-refractivity contribution in [3.05, 3.63) is 34.9 Å². The standard InChI is InChI=1S/C7H7Cl.CH3NS/c1-6-3-2-4-7(8)5-6;2-1-3/h2-5H,1H3;1H,(H2,2,3). The van der Waals surface area contributed by atoms with Crippen molar-refractivity contribution >= 4 is 29.3 Å². The first-order valence-electron chi connectivity index (χ1n) is 3.08. The van der Waals surface area contributed by atoms with Gasteiger partial charge in [-0.3, -0.25) is 0 Å². The van der Waals surface area contributed by atoms with Crippen LogP contribution in [0.5, 0.6) is 0 Å². The quantitative estimate of drug-likeness (QED) is 0.632. The maximum Gasteiger partial charge on any atom is 0.0588 e. The van der Waals surface area contributed by atoms with Gasteiger partial charge in [-0.2, -0.15) is 0 Å². The summed E-state index contributed by atoms with van der Waals surface area (Å²) in [5, 5.41) is 0.810. The van der Waals surface area contributed by atoms with Crippen molar-refractivity contribution in [2.24, 2.45) is 5.73 Å². The fourth-order valence-electron chi connectivity index (χ4n) is 0.606. The molecule has 0 radical (unpaired) electrons. The molecule has 11 heavy (non-hydrogen) atoms. The van der Waals surface area contributed by atoms with Crippen LogP contribution in [0.3, 0.4) is 0 Å². The summed E-state index contributed by atoms with van der Waals surface area (Å²) < 4.78 is 0. The molecule has 1 rings (SSSR count). The third kappa shape index (κ3) is 5.83. The van der Waals surface area contributed by atoms with E-state index in [-0.39, 0.29) is 0 Å². The van der Waals surface area contributed by atoms with E-state index < -0.39 is 0 Å². The molecule has 1 aromatic carbocycles. The van der Waals surface area contributed by atoms with Gasteiger partial charge < -0.3 is 5.73 Å². The highest BCUT2D eigenvalue weighted by molar-refractivity contribution is 7.78. The lowest BCUT2D eigenvalue weighted by Crippen LogP contribution is -1.79. The minimum Gasteiger partial charge on any atom is -0.396 e. The Labute approximate surface area is 77.2 Å². The van der Waals surface area contributed by atoms with E-state index in [4.69, 9.17) is 11.6 Å². The third-order valence-corrected chi connectivity index (χ3v) is 1.22. The Morgan fingerprint density at radius 2 is 2.09 bits per heavy atom. The van der Waals surface area contributed by atoms with E-state index in [0.717, 1.165) is 10.5 Å². The number of thiocarbonyl (C=S) groups is 1. The normalized spacial score (nSPS) is 7.82. The first-order valence-corrected chi connectivity index (χ1v) is 3.93. The largest absolute Gasteiger partial charge is 0.396 e. The van der Waals surface area contributed by atoms with Crippen molar-refractivity contribution in [3.63, 3.8) is 0 Å². The van der Waals surface area contributed by atoms with E-state index in [9.17, 15) is 0 Å². The van der Waals surface area contributed by atoms with Crippen LogP contribution in [0.2, 0.25) is 5.02 Å². The first-order chi connectivity index (χ1) is 5.20. The van der Waals surface area contributed by atoms with E-state index in [0.29, 0.717) is 0 Å². The van der Waals surface area contributed by atoms with Crippen LogP contribution in [-0.2, 0) is 0 Å². The summed E-state index contributed by atoms with van der Waals surface area (Å²) in [4.78, 5) is 0. The summed E-state index contributed by atoms with van der Waals surface area (Å²) in [6.07, 6.45) is 0. The zero-order valence-corrected chi connectivity index (χ0v) is 7.82. The molecule has 0 fully saturated rings. The average Bonchev–Trinajstić information content (AvgIpc) is 1.88. The minimum atomic E-state index is 0.810. The second-order valence-electron chi connectivity index (χ2n) is 1.94. The predicted octanol–water partition coefficient (Wildman–Crippen LogP) is 2.55. The van der Waals surface area contributed by atoms with Crippen molar-refractivity contribution in [1.82, 2.24) is 0 Å². The summed E-state index contributed by atoms with van der Waals surface area (Å²) in [5.74, 6) is 0. The fraction of sp³-hybridized carbons (Fsp3) is 0.125. The van der Waals surface area contributed by atoms with Gasteiger partial charge in [0.25, 0.3) is 0 Å². The van der Waals surface area contributed by atoms with E-state index in [2.05, 4.69) is 18.0 Å². The summed E-state index contributed by atoms with van der Waals surface area (Å²) in [5.41, 5.74) is 6.83. The molecule has 0 amide bonds. The van der Waals surface area contributed by atoms with Gasteiger partial charge in [-0.05, 0) is 24.6 Å². The molecule has 0 aliphatic heterocycles. The molecule has 0 unspecified atom stereocenters. The third-order valence-electron chi connectivity index (χ3n) is 0.980. The van der Waals surface area contributed by atoms with E-state index in [1.807, 2.05) is 31.2 Å². The number of hydrogen-bond acceptors (Lipinski definition) is 1. The zero-order valence-electron chi connectivity index (χ0n) is 6.25. The van der Waals surface area contributed by atoms with Gasteiger partial charge in [0.1, 0.15) is 0 Å². The van der Waals surface area contributed by atoms with Crippen molar-refractivity contribution < 1.29 is 0 Å². The van der Waals surface area contributed by atoms with E-state index in [1.54, 1.807) is 0 Å². The van der Waals surface area contributed by atoms with Gasteiger partial charge in [0.2, 0.25) is 0 Å². The number of rotatable bonds is 0. The minimum absolute atomic E-state index is 0.810. The Bertz CT molecular complexity index is 208. The van der Waals surface area contributed by atoms with E-state index >= 15 is 0 Å². The summed E-state index contributed by atoms with van der Waals surface area (Å²) in [6, 6.07) is 7.76. The first kappa shape index (κ1) is 10.4. The Hall–Kier alpha value is -0.600. The summed E-state index contributed by atoms with van der Waals surface area (Å²) in [6.45, 7) is 2.02. The number of hydrogen-bond donors (Lipinski definition) is 1. The molecular formula is C8H10ClNS. The molecule has 1 nitrogen and oxygen atoms in total. The molecule has 2 N–H and O–H groups in total. The molecule has 0 aliphatic rings. The average molecular weight is 188 g/mol. The highest BCUT2D eigenvalue weighted by Crippen LogP contribution is 2.08. The molecular weight excluding hydrogens is 178 g/mol. The molecule has 60 valence electrons. The smallest absolute Gasteiger partial charge is 0.0588 e. The molecule has 0 saturated heterocycles. The molecule has 0 aliphatic carbocycles. The highest BCUT2D eigenvalue weighted by atomic mass is 35.5. The van der Waals surface area contributed by atoms with Crippen molar-refractivity contribution in [3.8, 4) is 0 Å². The number of halogens is 1. The van der Waals surface area contributed by atoms with Gasteiger partial charge in [-0.15, -0.1) is 0 Å². The Morgan fingerprint density at radius 1 is 1.55 bits per heavy atom. The van der Waals surface area contributed by atoms with Gasteiger partial charge in [-0.25, -0.2) is 0 Å². The molecule has 0 aromatic heterocycles. The van der Waals surface area contributed by atoms with Gasteiger partial charge >= 0.3 is 0 Å². The van der Waals surface area contributed by atoms with Crippen molar-refractivity contribution in [2.75, 3.05) is 0 Å². The van der Waals surface area contributed by atoms with Crippen LogP contribution in [0.4, 0.5) is 0 Å². The van der Waals surface area contributed by atoms with Crippen LogP contribution in [0.15, 0.2) is 24.3 Å². The van der Waals surface area contributed by atoms with Crippen LogP contribution >= 0.6 is 23.8 Å². The van der Waals surface area contributed by atoms with Crippen molar-refractivity contribution in [2.45, 2.75) is 6.92 Å². The molecule has 0 atom stereocenters. The van der Waals surface area contributed by atoms with Gasteiger partial charge in [0, 0.05) is 5.02 Å². The predicted molar refractivity (Wildman–Crippen MR) is 54.0 cm³/mol. The molecule has 0 heterocycles. The Kier molecular flexibility index (Phi) is 5.80. The maximum atomic E-state index is 5.64. The number of aryl methyl sites for hydroxylation is 1. The second kappa shape index (κ2) is 6.13. The maximum absolute atomic E-state index is 5.64. The van der Waals surface area contributed by atoms with Crippen LogP contribution < -0.4 is 5.73 Å². The topological polar surface area (TPSA) is 26.0 Å². The van der Waals surface area contributed by atoms with Gasteiger partial charge in [-0.1, -0.05) is 36.0 Å². The van der Waals surface area contributed by atoms with Gasteiger partial charge in [0.15, 0.2) is 0 Å². The monoisotopic (exact) mass is 187 g/mol. The number of benzene rings is 1. The lowest BCUT2D eigenvalue weighted by atomic mass is 10.2. The molecule has 0 saturated carbocycles. The highest BCUT2D eigenvalue weighted by Gasteiger charge is 1.82. The van der Waals surface area contributed by atoms with Gasteiger partial charge in [0.05, 0.1) is 5.49 Å². The zero-order chi connectivity index (χ0) is 8.69.